The second kappa shape index (κ2) is 13.1. The van der Waals surface area contributed by atoms with Crippen LogP contribution in [-0.4, -0.2) is 90.3 Å². The van der Waals surface area contributed by atoms with Crippen LogP contribution in [0.2, 0.25) is 0 Å². The summed E-state index contributed by atoms with van der Waals surface area (Å²) in [6.07, 6.45) is 5.78. The number of fused-ring (bicyclic) bond motifs is 5. The molecule has 0 aromatic carbocycles. The van der Waals surface area contributed by atoms with Gasteiger partial charge in [-0.1, -0.05) is 64.8 Å². The Balaban J connectivity index is 1.42. The topological polar surface area (TPSA) is 118 Å². The third-order valence-electron chi connectivity index (χ3n) is 14.3. The second-order valence-corrected chi connectivity index (χ2v) is 17.2. The predicted molar refractivity (Wildman–Crippen MR) is 178 cm³/mol. The first kappa shape index (κ1) is 36.4. The SMILES string of the molecule is CO[C@H](C=C(C)C)C[C@@H](C)[C@H]1CC[C@@]2(C)[C@@H]3[C@@H](OC)C=C4[C@@H](CC[C@H](O[C@@H]5O[C@H](CO)[C@@H](O)[C@H](O)[C@H]5O)C4(C)C)[C@]3(C)CC[C@]12C. The Kier molecular flexibility index (Phi) is 10.4. The molecule has 0 unspecified atom stereocenters. The van der Waals surface area contributed by atoms with Crippen molar-refractivity contribution in [2.45, 2.75) is 149 Å². The number of aliphatic hydroxyl groups excluding tert-OH is 4. The van der Waals surface area contributed by atoms with Crippen molar-refractivity contribution in [3.8, 4) is 0 Å². The third-order valence-corrected chi connectivity index (χ3v) is 14.3. The van der Waals surface area contributed by atoms with Crippen LogP contribution in [-0.2, 0) is 18.9 Å². The molecule has 4 aliphatic carbocycles. The van der Waals surface area contributed by atoms with E-state index in [1.54, 1.807) is 0 Å². The zero-order chi connectivity index (χ0) is 34.0. The molecule has 0 bridgehead atoms. The Morgan fingerprint density at radius 2 is 1.65 bits per heavy atom. The molecule has 0 spiro atoms. The van der Waals surface area contributed by atoms with Crippen molar-refractivity contribution in [1.29, 1.82) is 0 Å². The van der Waals surface area contributed by atoms with Crippen LogP contribution in [0.3, 0.4) is 0 Å². The molecule has 1 aliphatic heterocycles. The van der Waals surface area contributed by atoms with Gasteiger partial charge in [0.1, 0.15) is 24.4 Å². The van der Waals surface area contributed by atoms with E-state index in [9.17, 15) is 20.4 Å². The van der Waals surface area contributed by atoms with Gasteiger partial charge in [-0.2, -0.15) is 0 Å². The molecular weight excluding hydrogens is 584 g/mol. The average molecular weight is 649 g/mol. The first-order chi connectivity index (χ1) is 21.5. The Labute approximate surface area is 277 Å². The van der Waals surface area contributed by atoms with Crippen LogP contribution in [0.25, 0.3) is 0 Å². The van der Waals surface area contributed by atoms with E-state index in [1.165, 1.54) is 30.4 Å². The molecular formula is C38H64O8. The molecule has 8 heteroatoms. The number of hydrogen-bond acceptors (Lipinski definition) is 8. The van der Waals surface area contributed by atoms with Gasteiger partial charge in [0.15, 0.2) is 6.29 Å². The van der Waals surface area contributed by atoms with Crippen molar-refractivity contribution in [3.63, 3.8) is 0 Å². The number of ether oxygens (including phenoxy) is 4. The molecule has 264 valence electrons. The van der Waals surface area contributed by atoms with Gasteiger partial charge < -0.3 is 39.4 Å². The van der Waals surface area contributed by atoms with Crippen molar-refractivity contribution >= 4 is 0 Å². The summed E-state index contributed by atoms with van der Waals surface area (Å²) in [5, 5.41) is 41.1. The zero-order valence-electron chi connectivity index (χ0n) is 30.2. The first-order valence-electron chi connectivity index (χ1n) is 17.9. The molecule has 0 amide bonds. The standard InChI is InChI=1S/C38H64O8/c1-21(2)17-23(43-9)18-22(3)24-13-14-38(8)33-27(44-10)19-26-25(36(33,6)15-16-37(24,38)7)11-12-29(35(26,4)5)46-34-32(42)31(41)30(40)28(20-39)45-34/h17,19,22-25,27-34,39-42H,11-16,18,20H2,1-10H3/t22-,23-,24-,25-,27+,28-,29+,30-,31+,32-,33-,34+,36+,37-,38+/m1/s1. The lowest BCUT2D eigenvalue weighted by molar-refractivity contribution is -0.320. The maximum absolute atomic E-state index is 10.7. The average Bonchev–Trinajstić information content (AvgIpc) is 3.28. The molecule has 4 N–H and O–H groups in total. The summed E-state index contributed by atoms with van der Waals surface area (Å²) in [7, 11) is 3.71. The van der Waals surface area contributed by atoms with E-state index in [4.69, 9.17) is 18.9 Å². The molecule has 3 saturated carbocycles. The third kappa shape index (κ3) is 5.69. The lowest BCUT2D eigenvalue weighted by atomic mass is 9.38. The first-order valence-corrected chi connectivity index (χ1v) is 17.9. The van der Waals surface area contributed by atoms with E-state index in [1.807, 2.05) is 14.2 Å². The van der Waals surface area contributed by atoms with E-state index < -0.39 is 37.3 Å². The van der Waals surface area contributed by atoms with Crippen molar-refractivity contribution in [2.24, 2.45) is 45.3 Å². The lowest BCUT2D eigenvalue weighted by Crippen LogP contribution is -2.64. The van der Waals surface area contributed by atoms with E-state index >= 15 is 0 Å². The number of methoxy groups -OCH3 is 2. The fourth-order valence-corrected chi connectivity index (χ4v) is 11.6. The fourth-order valence-electron chi connectivity index (χ4n) is 11.6. The predicted octanol–water partition coefficient (Wildman–Crippen LogP) is 5.41. The van der Waals surface area contributed by atoms with Gasteiger partial charge in [0.05, 0.1) is 24.9 Å². The highest BCUT2D eigenvalue weighted by Crippen LogP contribution is 2.75. The van der Waals surface area contributed by atoms with Gasteiger partial charge in [-0.3, -0.25) is 0 Å². The molecule has 0 aromatic heterocycles. The van der Waals surface area contributed by atoms with Gasteiger partial charge in [0.2, 0.25) is 0 Å². The quantitative estimate of drug-likeness (QED) is 0.245. The normalized spacial score (nSPS) is 48.0. The summed E-state index contributed by atoms with van der Waals surface area (Å²) in [6, 6.07) is 0. The zero-order valence-corrected chi connectivity index (χ0v) is 30.2. The highest BCUT2D eigenvalue weighted by molar-refractivity contribution is 5.33. The molecule has 0 aromatic rings. The summed E-state index contributed by atoms with van der Waals surface area (Å²) < 4.78 is 24.6. The molecule has 8 nitrogen and oxygen atoms in total. The van der Waals surface area contributed by atoms with E-state index in [-0.39, 0.29) is 40.0 Å². The highest BCUT2D eigenvalue weighted by atomic mass is 16.7. The van der Waals surface area contributed by atoms with Crippen LogP contribution < -0.4 is 0 Å². The van der Waals surface area contributed by atoms with Gasteiger partial charge in [-0.25, -0.2) is 0 Å². The van der Waals surface area contributed by atoms with Gasteiger partial charge in [0.25, 0.3) is 0 Å². The van der Waals surface area contributed by atoms with Crippen LogP contribution in [0, 0.1) is 45.3 Å². The Morgan fingerprint density at radius 1 is 0.957 bits per heavy atom. The van der Waals surface area contributed by atoms with Crippen LogP contribution >= 0.6 is 0 Å². The molecule has 5 rings (SSSR count). The highest BCUT2D eigenvalue weighted by Gasteiger charge is 2.69. The molecule has 5 aliphatic rings. The molecule has 0 radical (unpaired) electrons. The van der Waals surface area contributed by atoms with Crippen LogP contribution in [0.15, 0.2) is 23.3 Å². The van der Waals surface area contributed by atoms with Crippen LogP contribution in [0.5, 0.6) is 0 Å². The number of aliphatic hydroxyl groups is 4. The van der Waals surface area contributed by atoms with Gasteiger partial charge >= 0.3 is 0 Å². The van der Waals surface area contributed by atoms with Crippen molar-refractivity contribution in [1.82, 2.24) is 0 Å². The maximum atomic E-state index is 10.7. The summed E-state index contributed by atoms with van der Waals surface area (Å²) in [5.74, 6) is 1.97. The Bertz CT molecular complexity index is 1150. The minimum Gasteiger partial charge on any atom is -0.394 e. The Morgan fingerprint density at radius 3 is 2.26 bits per heavy atom. The smallest absolute Gasteiger partial charge is 0.187 e. The monoisotopic (exact) mass is 648 g/mol. The minimum absolute atomic E-state index is 0.0161. The summed E-state index contributed by atoms with van der Waals surface area (Å²) in [5.41, 5.74) is 2.70. The van der Waals surface area contributed by atoms with Crippen molar-refractivity contribution in [3.05, 3.63) is 23.3 Å². The van der Waals surface area contributed by atoms with Gasteiger partial charge in [-0.05, 0) is 92.8 Å². The van der Waals surface area contributed by atoms with E-state index in [0.717, 1.165) is 25.7 Å². The maximum Gasteiger partial charge on any atom is 0.187 e. The lowest BCUT2D eigenvalue weighted by Gasteiger charge is -2.67. The van der Waals surface area contributed by atoms with E-state index in [0.29, 0.717) is 23.7 Å². The summed E-state index contributed by atoms with van der Waals surface area (Å²) in [6.45, 7) is 18.4. The van der Waals surface area contributed by atoms with Gasteiger partial charge in [0, 0.05) is 25.6 Å². The van der Waals surface area contributed by atoms with Crippen molar-refractivity contribution in [2.75, 3.05) is 20.8 Å². The molecule has 1 heterocycles. The van der Waals surface area contributed by atoms with Crippen LogP contribution in [0.1, 0.15) is 100 Å². The van der Waals surface area contributed by atoms with Gasteiger partial charge in [-0.15, -0.1) is 0 Å². The number of rotatable bonds is 9. The van der Waals surface area contributed by atoms with E-state index in [2.05, 4.69) is 67.5 Å². The molecule has 4 fully saturated rings. The summed E-state index contributed by atoms with van der Waals surface area (Å²) in [4.78, 5) is 0. The van der Waals surface area contributed by atoms with Crippen molar-refractivity contribution < 1.29 is 39.4 Å². The minimum atomic E-state index is -1.45. The molecule has 1 saturated heterocycles. The van der Waals surface area contributed by atoms with Crippen LogP contribution in [0.4, 0.5) is 0 Å². The number of hydrogen-bond donors (Lipinski definition) is 4. The number of allylic oxidation sites excluding steroid dienone is 1. The Hall–Kier alpha value is -0.840. The fraction of sp³-hybridized carbons (Fsp3) is 0.895. The second-order valence-electron chi connectivity index (χ2n) is 17.2. The molecule has 46 heavy (non-hydrogen) atoms. The summed E-state index contributed by atoms with van der Waals surface area (Å²) >= 11 is 0. The molecule has 15 atom stereocenters. The largest absolute Gasteiger partial charge is 0.394 e.